The van der Waals surface area contributed by atoms with Crippen molar-refractivity contribution in [1.82, 2.24) is 4.72 Å². The average Bonchev–Trinajstić information content (AvgIpc) is 3.06. The number of carbonyl (C=O) groups is 1. The molecule has 0 aliphatic heterocycles. The van der Waals surface area contributed by atoms with Crippen LogP contribution >= 0.6 is 0 Å². The fourth-order valence-corrected chi connectivity index (χ4v) is 5.73. The quantitative estimate of drug-likeness (QED) is 0.105. The molecule has 0 aromatic heterocycles. The second kappa shape index (κ2) is 17.6. The maximum atomic E-state index is 12.7. The summed E-state index contributed by atoms with van der Waals surface area (Å²) in [7, 11) is -6.54. The highest BCUT2D eigenvalue weighted by atomic mass is 32.2. The van der Waals surface area contributed by atoms with E-state index >= 15 is 0 Å². The molecule has 13 nitrogen and oxygen atoms in total. The molecule has 4 rings (SSSR count). The molecular weight excluding hydrogens is 650 g/mol. The molecule has 0 bridgehead atoms. The fourth-order valence-electron chi connectivity index (χ4n) is 3.63. The van der Waals surface area contributed by atoms with Crippen molar-refractivity contribution in [3.8, 4) is 17.2 Å². The summed E-state index contributed by atoms with van der Waals surface area (Å²) in [5.41, 5.74) is -0.318. The van der Waals surface area contributed by atoms with Crippen LogP contribution < -0.4 is 18.9 Å². The summed E-state index contributed by atoms with van der Waals surface area (Å²) in [4.78, 5) is 21.8. The van der Waals surface area contributed by atoms with Crippen LogP contribution in [0.25, 0.3) is 0 Å². The van der Waals surface area contributed by atoms with E-state index in [4.69, 9.17) is 9.47 Å². The van der Waals surface area contributed by atoms with Crippen LogP contribution in [0.3, 0.4) is 0 Å². The van der Waals surface area contributed by atoms with Gasteiger partial charge in [-0.05, 0) is 72.3 Å². The van der Waals surface area contributed by atoms with Crippen molar-refractivity contribution in [2.24, 2.45) is 0 Å². The summed E-state index contributed by atoms with van der Waals surface area (Å²) in [6.07, 6.45) is 1.25. The predicted octanol–water partition coefficient (Wildman–Crippen LogP) is 6.82. The Morgan fingerprint density at radius 2 is 1.28 bits per heavy atom. The van der Waals surface area contributed by atoms with E-state index < -0.39 is 36.5 Å². The third kappa shape index (κ3) is 11.1. The molecule has 0 fully saturated rings. The number of benzene rings is 4. The number of hydrogen-bond acceptors (Lipinski definition) is 9. The van der Waals surface area contributed by atoms with Gasteiger partial charge in [0.05, 0.1) is 33.1 Å². The first-order chi connectivity index (χ1) is 22.3. The summed E-state index contributed by atoms with van der Waals surface area (Å²) in [5, 5.41) is 20.5. The molecule has 0 atom stereocenters. The first-order valence-electron chi connectivity index (χ1n) is 14.3. The van der Waals surface area contributed by atoms with Gasteiger partial charge >= 0.3 is 5.97 Å². The van der Waals surface area contributed by atoms with Gasteiger partial charge in [0.2, 0.25) is 10.0 Å². The highest BCUT2D eigenvalue weighted by Crippen LogP contribution is 2.29. The number of methoxy groups -OCH3 is 1. The molecule has 15 heteroatoms. The minimum atomic E-state index is -4.26. The molecule has 0 aliphatic rings. The Balaban J connectivity index is 0.00000145. The lowest BCUT2D eigenvalue weighted by molar-refractivity contribution is -0.384. The monoisotopic (exact) mass is 687 g/mol. The number of rotatable bonds is 12. The number of nitro benzene ring substituents is 1. The molecule has 0 aliphatic carbocycles. The Kier molecular flexibility index (Phi) is 14.3. The summed E-state index contributed by atoms with van der Waals surface area (Å²) in [5.74, 6) is -0.495. The van der Waals surface area contributed by atoms with Crippen molar-refractivity contribution in [2.45, 2.75) is 50.5 Å². The van der Waals surface area contributed by atoms with Crippen molar-refractivity contribution in [3.05, 3.63) is 112 Å². The topological polar surface area (TPSA) is 191 Å². The van der Waals surface area contributed by atoms with Gasteiger partial charge in [-0.25, -0.2) is 26.4 Å². The highest BCUT2D eigenvalue weighted by molar-refractivity contribution is 7.92. The lowest BCUT2D eigenvalue weighted by Crippen LogP contribution is -2.23. The molecule has 0 unspecified atom stereocenters. The normalized spacial score (nSPS) is 10.7. The lowest BCUT2D eigenvalue weighted by atomic mass is 10.1. The van der Waals surface area contributed by atoms with Gasteiger partial charge in [0.15, 0.2) is 0 Å². The molecule has 0 saturated carbocycles. The molecule has 0 radical (unpaired) electrons. The van der Waals surface area contributed by atoms with Crippen molar-refractivity contribution in [3.63, 3.8) is 0 Å². The third-order valence-corrected chi connectivity index (χ3v) is 8.62. The van der Waals surface area contributed by atoms with Crippen LogP contribution in [0.15, 0.2) is 101 Å². The summed E-state index contributed by atoms with van der Waals surface area (Å²) < 4.78 is 66.0. The van der Waals surface area contributed by atoms with E-state index in [1.165, 1.54) is 49.9 Å². The van der Waals surface area contributed by atoms with Gasteiger partial charge in [0.1, 0.15) is 17.2 Å². The largest absolute Gasteiger partial charge is 0.497 e. The van der Waals surface area contributed by atoms with E-state index in [1.54, 1.807) is 24.3 Å². The number of hydrogen-bond donors (Lipinski definition) is 3. The zero-order valence-electron chi connectivity index (χ0n) is 26.5. The predicted molar refractivity (Wildman–Crippen MR) is 178 cm³/mol. The van der Waals surface area contributed by atoms with Crippen LogP contribution in [-0.2, 0) is 26.6 Å². The summed E-state index contributed by atoms with van der Waals surface area (Å²) in [6, 6.07) is 20.1. The SMILES string of the molecule is CC.CCC.COc1ccc(S(=O)(=O)NCc2ccc(Oc3ccc(NS(=O)(=O)c4ccc([N+](=O)[O-])cc4)c(C(=O)O)c3)cc2)cc1. The van der Waals surface area contributed by atoms with Crippen LogP contribution in [-0.4, -0.2) is 39.9 Å². The Morgan fingerprint density at radius 3 is 1.79 bits per heavy atom. The van der Waals surface area contributed by atoms with Gasteiger partial charge in [-0.15, -0.1) is 0 Å². The molecule has 0 heterocycles. The van der Waals surface area contributed by atoms with Gasteiger partial charge in [-0.3, -0.25) is 14.8 Å². The number of carboxylic acids is 1. The standard InChI is InChI=1S/C27H23N3O10S2.C3H8.C2H6/c1-39-20-8-13-23(14-9-20)41(35,36)28-17-18-2-6-21(7-3-18)40-22-10-15-26(25(16-22)27(31)32)29-42(37,38)24-11-4-19(5-12-24)30(33)34;1-3-2;1-2/h2-16,28-29H,17H2,1H3,(H,31,32);3H2,1-2H3;1-2H3. The van der Waals surface area contributed by atoms with Gasteiger partial charge < -0.3 is 14.6 Å². The number of non-ortho nitro benzene ring substituents is 1. The van der Waals surface area contributed by atoms with Crippen LogP contribution in [0, 0.1) is 10.1 Å². The first kappa shape index (κ1) is 38.2. The van der Waals surface area contributed by atoms with Crippen LogP contribution in [0.5, 0.6) is 17.2 Å². The molecule has 4 aromatic rings. The van der Waals surface area contributed by atoms with E-state index in [0.29, 0.717) is 17.1 Å². The zero-order chi connectivity index (χ0) is 35.2. The molecule has 0 amide bonds. The van der Waals surface area contributed by atoms with E-state index in [-0.39, 0.29) is 33.5 Å². The molecule has 4 aromatic carbocycles. The Morgan fingerprint density at radius 1 is 0.787 bits per heavy atom. The lowest BCUT2D eigenvalue weighted by Gasteiger charge is -2.13. The van der Waals surface area contributed by atoms with Crippen molar-refractivity contribution < 1.29 is 41.1 Å². The van der Waals surface area contributed by atoms with Gasteiger partial charge in [-0.1, -0.05) is 46.2 Å². The third-order valence-electron chi connectivity index (χ3n) is 5.82. The summed E-state index contributed by atoms with van der Waals surface area (Å²) in [6.45, 7) is 8.25. The summed E-state index contributed by atoms with van der Waals surface area (Å²) >= 11 is 0. The van der Waals surface area contributed by atoms with Crippen molar-refractivity contribution in [1.29, 1.82) is 0 Å². The second-order valence-corrected chi connectivity index (χ2v) is 12.8. The number of ether oxygens (including phenoxy) is 2. The molecule has 47 heavy (non-hydrogen) atoms. The minimum absolute atomic E-state index is 0.00139. The smallest absolute Gasteiger partial charge is 0.337 e. The van der Waals surface area contributed by atoms with E-state index in [1.807, 2.05) is 13.8 Å². The Hall–Kier alpha value is -4.99. The molecule has 0 saturated heterocycles. The van der Waals surface area contributed by atoms with Crippen molar-refractivity contribution in [2.75, 3.05) is 11.8 Å². The van der Waals surface area contributed by atoms with Gasteiger partial charge in [-0.2, -0.15) is 0 Å². The van der Waals surface area contributed by atoms with E-state index in [9.17, 15) is 36.9 Å². The number of sulfonamides is 2. The van der Waals surface area contributed by atoms with Crippen LogP contribution in [0.4, 0.5) is 11.4 Å². The molecule has 0 spiro atoms. The maximum absolute atomic E-state index is 12.7. The number of nitrogens with one attached hydrogen (secondary N) is 2. The van der Waals surface area contributed by atoms with Crippen LogP contribution in [0.1, 0.15) is 50.0 Å². The van der Waals surface area contributed by atoms with E-state index in [0.717, 1.165) is 30.3 Å². The minimum Gasteiger partial charge on any atom is -0.497 e. The highest BCUT2D eigenvalue weighted by Gasteiger charge is 2.21. The number of aromatic carboxylic acids is 1. The maximum Gasteiger partial charge on any atom is 0.337 e. The number of carboxylic acid groups (broad SMARTS) is 1. The molecule has 252 valence electrons. The van der Waals surface area contributed by atoms with Crippen molar-refractivity contribution >= 4 is 37.4 Å². The average molecular weight is 688 g/mol. The van der Waals surface area contributed by atoms with Gasteiger partial charge in [0.25, 0.3) is 15.7 Å². The molecular formula is C32H37N3O10S2. The number of nitrogens with zero attached hydrogens (tertiary/aromatic N) is 1. The van der Waals surface area contributed by atoms with E-state index in [2.05, 4.69) is 23.3 Å². The Bertz CT molecular complexity index is 1850. The fraction of sp³-hybridized carbons (Fsp3) is 0.219. The zero-order valence-corrected chi connectivity index (χ0v) is 28.1. The molecule has 3 N–H and O–H groups in total. The number of anilines is 1. The number of nitro groups is 1. The Labute approximate surface area is 274 Å². The first-order valence-corrected chi connectivity index (χ1v) is 17.3. The second-order valence-electron chi connectivity index (χ2n) is 9.32. The van der Waals surface area contributed by atoms with Crippen LogP contribution in [0.2, 0.25) is 0 Å². The van der Waals surface area contributed by atoms with Gasteiger partial charge in [0, 0.05) is 18.7 Å².